The van der Waals surface area contributed by atoms with Gasteiger partial charge in [0, 0.05) is 10.0 Å². The van der Waals surface area contributed by atoms with Crippen molar-refractivity contribution in [3.05, 3.63) is 68.9 Å². The lowest BCUT2D eigenvalue weighted by molar-refractivity contribution is 0.101. The van der Waals surface area contributed by atoms with Crippen molar-refractivity contribution in [3.63, 3.8) is 0 Å². The van der Waals surface area contributed by atoms with Crippen LogP contribution in [0.25, 0.3) is 6.08 Å². The van der Waals surface area contributed by atoms with Gasteiger partial charge in [-0.25, -0.2) is 0 Å². The number of halogens is 2. The first kappa shape index (κ1) is 13.2. The summed E-state index contributed by atoms with van der Waals surface area (Å²) in [6, 6.07) is 10.6. The molecular formula is C16H10Cl2O2. The predicted octanol–water partition coefficient (Wildman–Crippen LogP) is 4.92. The highest BCUT2D eigenvalue weighted by molar-refractivity contribution is 6.32. The first-order chi connectivity index (χ1) is 9.54. The van der Waals surface area contributed by atoms with Gasteiger partial charge in [-0.05, 0) is 48.4 Å². The number of allylic oxidation sites excluding steroid dienone is 1. The Balaban J connectivity index is 1.99. The number of carbonyl (C=O) groups excluding carboxylic acids is 1. The van der Waals surface area contributed by atoms with E-state index in [1.54, 1.807) is 30.3 Å². The molecule has 3 rings (SSSR count). The maximum absolute atomic E-state index is 12.3. The standard InChI is InChI=1S/C16H10Cl2O2/c1-9-6-14-12(8-13(9)18)16(19)15(20-14)7-10-2-4-11(17)5-3-10/h2-8H,1H3/b15-7-. The van der Waals surface area contributed by atoms with Crippen LogP contribution in [0.1, 0.15) is 21.5 Å². The third-order valence-corrected chi connectivity index (χ3v) is 3.78. The summed E-state index contributed by atoms with van der Waals surface area (Å²) in [5, 5.41) is 1.21. The molecule has 1 aliphatic rings. The monoisotopic (exact) mass is 304 g/mol. The number of benzene rings is 2. The number of ether oxygens (including phenoxy) is 1. The van der Waals surface area contributed by atoms with E-state index in [-0.39, 0.29) is 5.78 Å². The van der Waals surface area contributed by atoms with Crippen LogP contribution in [0.3, 0.4) is 0 Å². The highest BCUT2D eigenvalue weighted by atomic mass is 35.5. The Morgan fingerprint density at radius 3 is 2.50 bits per heavy atom. The van der Waals surface area contributed by atoms with Crippen molar-refractivity contribution in [2.75, 3.05) is 0 Å². The Morgan fingerprint density at radius 1 is 1.10 bits per heavy atom. The van der Waals surface area contributed by atoms with Gasteiger partial charge in [0.15, 0.2) is 5.76 Å². The SMILES string of the molecule is Cc1cc2c(cc1Cl)C(=O)/C(=C/c1ccc(Cl)cc1)O2. The van der Waals surface area contributed by atoms with Crippen molar-refractivity contribution in [2.24, 2.45) is 0 Å². The summed E-state index contributed by atoms with van der Waals surface area (Å²) in [6.45, 7) is 1.87. The third kappa shape index (κ3) is 2.33. The molecule has 0 aromatic heterocycles. The van der Waals surface area contributed by atoms with Crippen LogP contribution in [0.2, 0.25) is 10.0 Å². The van der Waals surface area contributed by atoms with Crippen molar-refractivity contribution in [2.45, 2.75) is 6.92 Å². The molecule has 0 saturated carbocycles. The van der Waals surface area contributed by atoms with Crippen molar-refractivity contribution >= 4 is 35.1 Å². The van der Waals surface area contributed by atoms with Crippen LogP contribution in [-0.4, -0.2) is 5.78 Å². The lowest BCUT2D eigenvalue weighted by Crippen LogP contribution is -1.98. The minimum absolute atomic E-state index is 0.156. The van der Waals surface area contributed by atoms with Gasteiger partial charge in [0.05, 0.1) is 5.56 Å². The molecule has 1 aliphatic heterocycles. The molecule has 0 atom stereocenters. The van der Waals surface area contributed by atoms with Crippen molar-refractivity contribution in [1.82, 2.24) is 0 Å². The molecule has 0 fully saturated rings. The van der Waals surface area contributed by atoms with Crippen LogP contribution in [-0.2, 0) is 0 Å². The van der Waals surface area contributed by atoms with Gasteiger partial charge in [-0.2, -0.15) is 0 Å². The van der Waals surface area contributed by atoms with Gasteiger partial charge >= 0.3 is 0 Å². The number of carbonyl (C=O) groups is 1. The number of fused-ring (bicyclic) bond motifs is 1. The van der Waals surface area contributed by atoms with Crippen molar-refractivity contribution < 1.29 is 9.53 Å². The van der Waals surface area contributed by atoms with Gasteiger partial charge < -0.3 is 4.74 Å². The van der Waals surface area contributed by atoms with Crippen LogP contribution < -0.4 is 4.74 Å². The molecule has 4 heteroatoms. The average Bonchev–Trinajstić information content (AvgIpc) is 2.70. The molecule has 100 valence electrons. The van der Waals surface area contributed by atoms with Gasteiger partial charge in [-0.1, -0.05) is 35.3 Å². The smallest absolute Gasteiger partial charge is 0.232 e. The highest BCUT2D eigenvalue weighted by Gasteiger charge is 2.28. The molecule has 0 aliphatic carbocycles. The minimum atomic E-state index is -0.156. The predicted molar refractivity (Wildman–Crippen MR) is 80.6 cm³/mol. The summed E-state index contributed by atoms with van der Waals surface area (Å²) in [6.07, 6.45) is 1.70. The first-order valence-corrected chi connectivity index (χ1v) is 6.80. The number of Topliss-reactive ketones (excluding diaryl/α,β-unsaturated/α-hetero) is 1. The Labute approximate surface area is 126 Å². The molecule has 0 spiro atoms. The lowest BCUT2D eigenvalue weighted by atomic mass is 10.1. The summed E-state index contributed by atoms with van der Waals surface area (Å²) in [5.74, 6) is 0.693. The number of rotatable bonds is 1. The third-order valence-electron chi connectivity index (χ3n) is 3.12. The number of hydrogen-bond donors (Lipinski definition) is 0. The number of aryl methyl sites for hydroxylation is 1. The maximum Gasteiger partial charge on any atom is 0.232 e. The van der Waals surface area contributed by atoms with Crippen molar-refractivity contribution in [1.29, 1.82) is 0 Å². The Bertz CT molecular complexity index is 731. The zero-order valence-corrected chi connectivity index (χ0v) is 12.1. The number of hydrogen-bond acceptors (Lipinski definition) is 2. The molecule has 0 radical (unpaired) electrons. The first-order valence-electron chi connectivity index (χ1n) is 6.04. The Kier molecular flexibility index (Phi) is 3.28. The van der Waals surface area contributed by atoms with E-state index < -0.39 is 0 Å². The minimum Gasteiger partial charge on any atom is -0.452 e. The van der Waals surface area contributed by atoms with Crippen LogP contribution in [0.5, 0.6) is 5.75 Å². The van der Waals surface area contributed by atoms with Gasteiger partial charge in [0.1, 0.15) is 5.75 Å². The highest BCUT2D eigenvalue weighted by Crippen LogP contribution is 2.35. The molecule has 0 saturated heterocycles. The van der Waals surface area contributed by atoms with Crippen LogP contribution in [0.15, 0.2) is 42.2 Å². The van der Waals surface area contributed by atoms with Gasteiger partial charge in [0.25, 0.3) is 0 Å². The maximum atomic E-state index is 12.3. The van der Waals surface area contributed by atoms with Crippen molar-refractivity contribution in [3.8, 4) is 5.75 Å². The molecule has 0 bridgehead atoms. The van der Waals surface area contributed by atoms with E-state index in [0.29, 0.717) is 27.1 Å². The quantitative estimate of drug-likeness (QED) is 0.699. The topological polar surface area (TPSA) is 26.3 Å². The summed E-state index contributed by atoms with van der Waals surface area (Å²) >= 11 is 11.9. The summed E-state index contributed by atoms with van der Waals surface area (Å²) < 4.78 is 5.61. The Hall–Kier alpha value is -1.77. The van der Waals surface area contributed by atoms with E-state index in [1.165, 1.54) is 0 Å². The van der Waals surface area contributed by atoms with Gasteiger partial charge in [-0.3, -0.25) is 4.79 Å². The normalized spacial score (nSPS) is 15.3. The van der Waals surface area contributed by atoms with E-state index in [4.69, 9.17) is 27.9 Å². The molecule has 0 unspecified atom stereocenters. The largest absolute Gasteiger partial charge is 0.452 e. The van der Waals surface area contributed by atoms with E-state index in [0.717, 1.165) is 11.1 Å². The van der Waals surface area contributed by atoms with Crippen LogP contribution in [0.4, 0.5) is 0 Å². The van der Waals surface area contributed by atoms with Gasteiger partial charge in [0.2, 0.25) is 5.78 Å². The van der Waals surface area contributed by atoms with E-state index >= 15 is 0 Å². The summed E-state index contributed by atoms with van der Waals surface area (Å²) in [7, 11) is 0. The second kappa shape index (κ2) is 4.97. The molecule has 0 N–H and O–H groups in total. The molecule has 2 aromatic carbocycles. The van der Waals surface area contributed by atoms with E-state index in [2.05, 4.69) is 0 Å². The second-order valence-electron chi connectivity index (χ2n) is 4.59. The summed E-state index contributed by atoms with van der Waals surface area (Å²) in [5.41, 5.74) is 2.24. The zero-order chi connectivity index (χ0) is 14.3. The fourth-order valence-electron chi connectivity index (χ4n) is 2.02. The summed E-state index contributed by atoms with van der Waals surface area (Å²) in [4.78, 5) is 12.3. The molecule has 2 aromatic rings. The van der Waals surface area contributed by atoms with Crippen LogP contribution >= 0.6 is 23.2 Å². The van der Waals surface area contributed by atoms with Crippen LogP contribution in [0, 0.1) is 6.92 Å². The van der Waals surface area contributed by atoms with E-state index in [1.807, 2.05) is 19.1 Å². The lowest BCUT2D eigenvalue weighted by Gasteiger charge is -2.01. The zero-order valence-electron chi connectivity index (χ0n) is 10.6. The Morgan fingerprint density at radius 2 is 1.80 bits per heavy atom. The molecule has 0 amide bonds. The van der Waals surface area contributed by atoms with Gasteiger partial charge in [-0.15, -0.1) is 0 Å². The second-order valence-corrected chi connectivity index (χ2v) is 5.43. The van der Waals surface area contributed by atoms with E-state index in [9.17, 15) is 4.79 Å². The molecule has 20 heavy (non-hydrogen) atoms. The fourth-order valence-corrected chi connectivity index (χ4v) is 2.31. The average molecular weight is 305 g/mol. The fraction of sp³-hybridized carbons (Fsp3) is 0.0625. The number of ketones is 1. The molecule has 1 heterocycles. The molecule has 2 nitrogen and oxygen atoms in total. The molecular weight excluding hydrogens is 295 g/mol.